The number of benzene rings is 3. The number of rotatable bonds is 7. The van der Waals surface area contributed by atoms with Crippen LogP contribution >= 0.6 is 11.8 Å². The van der Waals surface area contributed by atoms with Crippen LogP contribution in [0.4, 0.5) is 28.9 Å². The van der Waals surface area contributed by atoms with Gasteiger partial charge in [-0.05, 0) is 30.3 Å². The van der Waals surface area contributed by atoms with Crippen LogP contribution in [0, 0.1) is 23.3 Å². The molecule has 0 unspecified atom stereocenters. The van der Waals surface area contributed by atoms with Crippen molar-refractivity contribution in [1.29, 1.82) is 0 Å². The minimum Gasteiger partial charge on any atom is -0.478 e. The average molecular weight is 478 g/mol. The average Bonchev–Trinajstić information content (AvgIpc) is 2.79. The molecule has 0 aliphatic carbocycles. The maximum atomic E-state index is 13.7. The zero-order valence-corrected chi connectivity index (χ0v) is 17.3. The van der Waals surface area contributed by atoms with Crippen LogP contribution in [-0.2, 0) is 4.79 Å². The third kappa shape index (κ3) is 5.69. The van der Waals surface area contributed by atoms with Crippen molar-refractivity contribution in [2.75, 3.05) is 16.4 Å². The quantitative estimate of drug-likeness (QED) is 0.254. The molecule has 0 aromatic heterocycles. The van der Waals surface area contributed by atoms with Gasteiger partial charge in [0.15, 0.2) is 23.3 Å². The molecule has 0 bridgehead atoms. The number of nitrogens with one attached hydrogen (secondary N) is 2. The summed E-state index contributed by atoms with van der Waals surface area (Å²) in [7, 11) is 0. The fourth-order valence-electron chi connectivity index (χ4n) is 2.74. The molecular formula is C22H14F4N2O4S. The maximum absolute atomic E-state index is 13.7. The molecule has 0 saturated carbocycles. The Balaban J connectivity index is 1.66. The third-order valence-corrected chi connectivity index (χ3v) is 5.23. The number of halogens is 4. The van der Waals surface area contributed by atoms with Crippen LogP contribution in [0.1, 0.15) is 20.7 Å². The molecule has 0 atom stereocenters. The highest BCUT2D eigenvalue weighted by Crippen LogP contribution is 2.26. The van der Waals surface area contributed by atoms with E-state index in [1.165, 1.54) is 36.4 Å². The summed E-state index contributed by atoms with van der Waals surface area (Å²) in [6.07, 6.45) is 0. The van der Waals surface area contributed by atoms with E-state index in [2.05, 4.69) is 5.32 Å². The van der Waals surface area contributed by atoms with Gasteiger partial charge in [0.2, 0.25) is 5.91 Å². The number of hydrogen-bond acceptors (Lipinski definition) is 4. The first-order valence-electron chi connectivity index (χ1n) is 9.16. The summed E-state index contributed by atoms with van der Waals surface area (Å²) in [5.41, 5.74) is -1.15. The van der Waals surface area contributed by atoms with Gasteiger partial charge < -0.3 is 15.7 Å². The number of carboxylic acids is 1. The van der Waals surface area contributed by atoms with Crippen molar-refractivity contribution in [3.63, 3.8) is 0 Å². The maximum Gasteiger partial charge on any atom is 0.336 e. The van der Waals surface area contributed by atoms with Crippen LogP contribution in [0.15, 0.2) is 59.5 Å². The lowest BCUT2D eigenvalue weighted by Crippen LogP contribution is -2.17. The van der Waals surface area contributed by atoms with Crippen molar-refractivity contribution in [2.24, 2.45) is 0 Å². The van der Waals surface area contributed by atoms with Crippen LogP contribution < -0.4 is 10.6 Å². The van der Waals surface area contributed by atoms with E-state index in [9.17, 15) is 37.1 Å². The van der Waals surface area contributed by atoms with Gasteiger partial charge in [0, 0.05) is 16.6 Å². The molecule has 3 aromatic carbocycles. The Kier molecular flexibility index (Phi) is 7.34. The smallest absolute Gasteiger partial charge is 0.336 e. The summed E-state index contributed by atoms with van der Waals surface area (Å²) >= 11 is 0.923. The number of hydrogen-bond donors (Lipinski definition) is 3. The standard InChI is InChI=1S/C22H14F4N2O4S/c23-15-9-16(24)19(26)20(18(15)25)28-17(29)10-33-12-5-3-4-11(8-12)27-21(30)13-6-1-2-7-14(13)22(31)32/h1-9H,10H2,(H,27,30)(H,28,29)(H,31,32). The molecule has 0 saturated heterocycles. The normalized spacial score (nSPS) is 10.5. The molecule has 6 nitrogen and oxygen atoms in total. The van der Waals surface area contributed by atoms with Crippen LogP contribution in [0.25, 0.3) is 0 Å². The number of anilines is 2. The lowest BCUT2D eigenvalue weighted by atomic mass is 10.1. The molecular weight excluding hydrogens is 464 g/mol. The van der Waals surface area contributed by atoms with Crippen LogP contribution in [-0.4, -0.2) is 28.6 Å². The highest BCUT2D eigenvalue weighted by molar-refractivity contribution is 8.00. The molecule has 0 heterocycles. The summed E-state index contributed by atoms with van der Waals surface area (Å²) < 4.78 is 53.9. The number of amides is 2. The number of thioether (sulfide) groups is 1. The van der Waals surface area contributed by atoms with Crippen molar-refractivity contribution >= 4 is 40.9 Å². The molecule has 3 rings (SSSR count). The van der Waals surface area contributed by atoms with E-state index in [1.54, 1.807) is 17.4 Å². The predicted octanol–water partition coefficient (Wildman–Crippen LogP) is 4.92. The Bertz CT molecular complexity index is 1230. The first kappa shape index (κ1) is 23.8. The highest BCUT2D eigenvalue weighted by atomic mass is 32.2. The Hall–Kier alpha value is -3.86. The van der Waals surface area contributed by atoms with Crippen LogP contribution in [0.5, 0.6) is 0 Å². The van der Waals surface area contributed by atoms with Gasteiger partial charge in [0.1, 0.15) is 5.69 Å². The summed E-state index contributed by atoms with van der Waals surface area (Å²) in [4.78, 5) is 36.2. The van der Waals surface area contributed by atoms with Gasteiger partial charge in [-0.1, -0.05) is 18.2 Å². The second-order valence-corrected chi connectivity index (χ2v) is 7.56. The SMILES string of the molecule is O=C(CSc1cccc(NC(=O)c2ccccc2C(=O)O)c1)Nc1c(F)c(F)cc(F)c1F. The van der Waals surface area contributed by atoms with E-state index in [0.29, 0.717) is 10.6 Å². The van der Waals surface area contributed by atoms with Gasteiger partial charge in [-0.25, -0.2) is 22.4 Å². The number of carboxylic acid groups (broad SMARTS) is 1. The Morgan fingerprint density at radius 2 is 1.45 bits per heavy atom. The van der Waals surface area contributed by atoms with Gasteiger partial charge in [-0.15, -0.1) is 11.8 Å². The second kappa shape index (κ2) is 10.2. The number of aromatic carboxylic acids is 1. The van der Waals surface area contributed by atoms with Crippen LogP contribution in [0.3, 0.4) is 0 Å². The molecule has 0 fully saturated rings. The van der Waals surface area contributed by atoms with E-state index in [-0.39, 0.29) is 22.9 Å². The topological polar surface area (TPSA) is 95.5 Å². The summed E-state index contributed by atoms with van der Waals surface area (Å²) in [6, 6.07) is 11.8. The Morgan fingerprint density at radius 3 is 2.09 bits per heavy atom. The Labute approximate surface area is 188 Å². The molecule has 3 aromatic rings. The molecule has 3 N–H and O–H groups in total. The summed E-state index contributed by atoms with van der Waals surface area (Å²) in [6.45, 7) is 0. The minimum atomic E-state index is -1.72. The molecule has 0 aliphatic rings. The first-order chi connectivity index (χ1) is 15.7. The lowest BCUT2D eigenvalue weighted by Gasteiger charge is -2.10. The second-order valence-electron chi connectivity index (χ2n) is 6.51. The van der Waals surface area contributed by atoms with Crippen molar-refractivity contribution in [2.45, 2.75) is 4.90 Å². The van der Waals surface area contributed by atoms with Gasteiger partial charge in [-0.3, -0.25) is 9.59 Å². The van der Waals surface area contributed by atoms with E-state index < -0.39 is 46.7 Å². The van der Waals surface area contributed by atoms with Gasteiger partial charge in [-0.2, -0.15) is 0 Å². The fraction of sp³-hybridized carbons (Fsp3) is 0.0455. The van der Waals surface area contributed by atoms with Gasteiger partial charge in [0.25, 0.3) is 5.91 Å². The molecule has 0 spiro atoms. The van der Waals surface area contributed by atoms with Crippen LogP contribution in [0.2, 0.25) is 0 Å². The molecule has 170 valence electrons. The molecule has 11 heteroatoms. The lowest BCUT2D eigenvalue weighted by molar-refractivity contribution is -0.113. The zero-order chi connectivity index (χ0) is 24.1. The highest BCUT2D eigenvalue weighted by Gasteiger charge is 2.21. The number of carbonyl (C=O) groups excluding carboxylic acids is 2. The monoisotopic (exact) mass is 478 g/mol. The molecule has 2 amide bonds. The summed E-state index contributed by atoms with van der Waals surface area (Å²) in [5.74, 6) is -9.95. The number of carbonyl (C=O) groups is 3. The Morgan fingerprint density at radius 1 is 0.818 bits per heavy atom. The zero-order valence-electron chi connectivity index (χ0n) is 16.5. The van der Waals surface area contributed by atoms with Gasteiger partial charge >= 0.3 is 5.97 Å². The third-order valence-electron chi connectivity index (χ3n) is 4.24. The molecule has 0 aliphatic heterocycles. The minimum absolute atomic E-state index is 0.0315. The van der Waals surface area contributed by atoms with E-state index in [4.69, 9.17) is 0 Å². The molecule has 33 heavy (non-hydrogen) atoms. The molecule has 0 radical (unpaired) electrons. The van der Waals surface area contributed by atoms with E-state index in [1.807, 2.05) is 0 Å². The van der Waals surface area contributed by atoms with Crippen molar-refractivity contribution in [1.82, 2.24) is 0 Å². The fourth-order valence-corrected chi connectivity index (χ4v) is 3.49. The van der Waals surface area contributed by atoms with Crippen molar-refractivity contribution in [3.8, 4) is 0 Å². The van der Waals surface area contributed by atoms with Gasteiger partial charge in [0.05, 0.1) is 16.9 Å². The summed E-state index contributed by atoms with van der Waals surface area (Å²) in [5, 5.41) is 13.6. The first-order valence-corrected chi connectivity index (χ1v) is 10.1. The van der Waals surface area contributed by atoms with E-state index >= 15 is 0 Å². The van der Waals surface area contributed by atoms with Crippen molar-refractivity contribution in [3.05, 3.63) is 89.0 Å². The largest absolute Gasteiger partial charge is 0.478 e. The van der Waals surface area contributed by atoms with E-state index in [0.717, 1.165) is 11.8 Å². The predicted molar refractivity (Wildman–Crippen MR) is 113 cm³/mol. The van der Waals surface area contributed by atoms with Crippen molar-refractivity contribution < 1.29 is 37.1 Å².